The summed E-state index contributed by atoms with van der Waals surface area (Å²) in [5, 5.41) is 27.1. The molecule has 0 bridgehead atoms. The largest absolute Gasteiger partial charge is 0.481 e. The molecule has 0 saturated heterocycles. The summed E-state index contributed by atoms with van der Waals surface area (Å²) < 4.78 is 0. The first-order chi connectivity index (χ1) is 7.39. The quantitative estimate of drug-likeness (QED) is 0.525. The molecule has 0 aliphatic heterocycles. The van der Waals surface area contributed by atoms with Crippen molar-refractivity contribution in [3.8, 4) is 0 Å². The van der Waals surface area contributed by atoms with E-state index in [1.165, 1.54) is 0 Å². The van der Waals surface area contributed by atoms with Crippen molar-refractivity contribution in [1.82, 2.24) is 0 Å². The van der Waals surface area contributed by atoms with Crippen LogP contribution in [0.5, 0.6) is 0 Å². The van der Waals surface area contributed by atoms with Crippen LogP contribution < -0.4 is 0 Å². The van der Waals surface area contributed by atoms with E-state index >= 15 is 0 Å². The maximum absolute atomic E-state index is 10.5. The van der Waals surface area contributed by atoms with E-state index in [0.29, 0.717) is 6.42 Å². The fourth-order valence-corrected chi connectivity index (χ4v) is 1.68. The second-order valence-electron chi connectivity index (χ2n) is 4.18. The lowest BCUT2D eigenvalue weighted by molar-refractivity contribution is -0.149. The molecule has 0 rings (SSSR count). The summed E-state index contributed by atoms with van der Waals surface area (Å²) in [6.07, 6.45) is 2.80. The maximum atomic E-state index is 10.5. The van der Waals surface area contributed by atoms with E-state index in [4.69, 9.17) is 10.2 Å². The number of unbranched alkanes of at least 4 members (excludes halogenated alkanes) is 3. The minimum atomic E-state index is -1.61. The Kier molecular flexibility index (Phi) is 6.72. The average molecular weight is 232 g/mol. The molecule has 16 heavy (non-hydrogen) atoms. The molecule has 0 aliphatic carbocycles. The highest BCUT2D eigenvalue weighted by Gasteiger charge is 2.32. The van der Waals surface area contributed by atoms with Gasteiger partial charge in [0.2, 0.25) is 0 Å². The first-order valence-electron chi connectivity index (χ1n) is 5.55. The van der Waals surface area contributed by atoms with Crippen LogP contribution in [0.25, 0.3) is 0 Å². The Morgan fingerprint density at radius 3 is 1.88 bits per heavy atom. The minimum Gasteiger partial charge on any atom is -0.481 e. The molecule has 0 aromatic carbocycles. The maximum Gasteiger partial charge on any atom is 0.306 e. The lowest BCUT2D eigenvalue weighted by Gasteiger charge is -2.24. The molecule has 0 fully saturated rings. The standard InChI is InChI=1S/C11H20O5/c1-2-3-4-5-6-11(16,7-9(12)13)8-10(14)15/h16H,2-8H2,1H3,(H,12,13)(H,14,15). The average Bonchev–Trinajstić information content (AvgIpc) is 2.09. The third-order valence-electron chi connectivity index (χ3n) is 2.46. The van der Waals surface area contributed by atoms with E-state index in [2.05, 4.69) is 0 Å². The molecule has 0 radical (unpaired) electrons. The van der Waals surface area contributed by atoms with Gasteiger partial charge in [-0.1, -0.05) is 32.6 Å². The van der Waals surface area contributed by atoms with Gasteiger partial charge in [-0.05, 0) is 6.42 Å². The van der Waals surface area contributed by atoms with E-state index in [9.17, 15) is 14.7 Å². The number of carboxylic acids is 2. The van der Waals surface area contributed by atoms with Crippen molar-refractivity contribution in [3.05, 3.63) is 0 Å². The Bertz CT molecular complexity index is 221. The molecule has 0 aromatic rings. The summed E-state index contributed by atoms with van der Waals surface area (Å²) in [7, 11) is 0. The summed E-state index contributed by atoms with van der Waals surface area (Å²) in [4.78, 5) is 21.1. The van der Waals surface area contributed by atoms with Crippen molar-refractivity contribution < 1.29 is 24.9 Å². The van der Waals surface area contributed by atoms with Crippen LogP contribution in [0.1, 0.15) is 51.9 Å². The molecular weight excluding hydrogens is 212 g/mol. The Labute approximate surface area is 95.1 Å². The van der Waals surface area contributed by atoms with Crippen LogP contribution >= 0.6 is 0 Å². The summed E-state index contributed by atoms with van der Waals surface area (Å²) in [5.41, 5.74) is -1.61. The van der Waals surface area contributed by atoms with Gasteiger partial charge in [0.05, 0.1) is 18.4 Å². The zero-order chi connectivity index (χ0) is 12.6. The number of hydrogen-bond acceptors (Lipinski definition) is 3. The smallest absolute Gasteiger partial charge is 0.306 e. The molecule has 3 N–H and O–H groups in total. The first-order valence-corrected chi connectivity index (χ1v) is 5.55. The molecule has 0 unspecified atom stereocenters. The van der Waals surface area contributed by atoms with Crippen LogP contribution in [0.15, 0.2) is 0 Å². The van der Waals surface area contributed by atoms with Gasteiger partial charge in [-0.2, -0.15) is 0 Å². The van der Waals surface area contributed by atoms with E-state index in [-0.39, 0.29) is 6.42 Å². The topological polar surface area (TPSA) is 94.8 Å². The van der Waals surface area contributed by atoms with Crippen molar-refractivity contribution in [3.63, 3.8) is 0 Å². The van der Waals surface area contributed by atoms with Gasteiger partial charge in [0.1, 0.15) is 0 Å². The van der Waals surface area contributed by atoms with Gasteiger partial charge in [-0.3, -0.25) is 9.59 Å². The third-order valence-corrected chi connectivity index (χ3v) is 2.46. The van der Waals surface area contributed by atoms with E-state index < -0.39 is 30.4 Å². The molecule has 5 heteroatoms. The predicted molar refractivity (Wildman–Crippen MR) is 58.2 cm³/mol. The van der Waals surface area contributed by atoms with Crippen LogP contribution in [0.2, 0.25) is 0 Å². The number of carboxylic acid groups (broad SMARTS) is 2. The van der Waals surface area contributed by atoms with Crippen molar-refractivity contribution in [2.24, 2.45) is 0 Å². The van der Waals surface area contributed by atoms with Crippen molar-refractivity contribution in [2.45, 2.75) is 57.5 Å². The van der Waals surface area contributed by atoms with Crippen molar-refractivity contribution >= 4 is 11.9 Å². The highest BCUT2D eigenvalue weighted by atomic mass is 16.4. The van der Waals surface area contributed by atoms with Gasteiger partial charge in [-0.15, -0.1) is 0 Å². The van der Waals surface area contributed by atoms with Crippen LogP contribution in [0, 0.1) is 0 Å². The zero-order valence-corrected chi connectivity index (χ0v) is 9.61. The fraction of sp³-hybridized carbons (Fsp3) is 0.818. The second kappa shape index (κ2) is 7.22. The Morgan fingerprint density at radius 1 is 1.00 bits per heavy atom. The second-order valence-corrected chi connectivity index (χ2v) is 4.18. The molecule has 0 aromatic heterocycles. The number of aliphatic carboxylic acids is 2. The van der Waals surface area contributed by atoms with Gasteiger partial charge in [0.15, 0.2) is 0 Å². The van der Waals surface area contributed by atoms with Crippen molar-refractivity contribution in [1.29, 1.82) is 0 Å². The predicted octanol–water partition coefficient (Wildman–Crippen LogP) is 1.64. The highest BCUT2D eigenvalue weighted by molar-refractivity contribution is 5.72. The molecule has 94 valence electrons. The van der Waals surface area contributed by atoms with E-state index in [1.807, 2.05) is 6.92 Å². The third kappa shape index (κ3) is 7.23. The monoisotopic (exact) mass is 232 g/mol. The van der Waals surface area contributed by atoms with Gasteiger partial charge in [0, 0.05) is 0 Å². The number of rotatable bonds is 9. The molecule has 0 heterocycles. The Hall–Kier alpha value is -1.10. The van der Waals surface area contributed by atoms with Crippen LogP contribution in [-0.4, -0.2) is 32.9 Å². The molecule has 0 aliphatic rings. The van der Waals surface area contributed by atoms with Gasteiger partial charge < -0.3 is 15.3 Å². The summed E-state index contributed by atoms with van der Waals surface area (Å²) >= 11 is 0. The summed E-state index contributed by atoms with van der Waals surface area (Å²) in [6, 6.07) is 0. The minimum absolute atomic E-state index is 0.228. The molecule has 0 spiro atoms. The lowest BCUT2D eigenvalue weighted by atomic mass is 9.89. The van der Waals surface area contributed by atoms with Gasteiger partial charge in [0.25, 0.3) is 0 Å². The van der Waals surface area contributed by atoms with Crippen LogP contribution in [0.4, 0.5) is 0 Å². The molecule has 0 saturated carbocycles. The van der Waals surface area contributed by atoms with Gasteiger partial charge >= 0.3 is 11.9 Å². The summed E-state index contributed by atoms with van der Waals surface area (Å²) in [6.45, 7) is 2.04. The first kappa shape index (κ1) is 14.9. The van der Waals surface area contributed by atoms with Crippen LogP contribution in [-0.2, 0) is 9.59 Å². The van der Waals surface area contributed by atoms with E-state index in [1.54, 1.807) is 0 Å². The van der Waals surface area contributed by atoms with Crippen LogP contribution in [0.3, 0.4) is 0 Å². The normalized spacial score (nSPS) is 11.4. The van der Waals surface area contributed by atoms with E-state index in [0.717, 1.165) is 19.3 Å². The lowest BCUT2D eigenvalue weighted by Crippen LogP contribution is -2.34. The zero-order valence-electron chi connectivity index (χ0n) is 9.61. The highest BCUT2D eigenvalue weighted by Crippen LogP contribution is 2.23. The SMILES string of the molecule is CCCCCCC(O)(CC(=O)O)CC(=O)O. The van der Waals surface area contributed by atoms with Gasteiger partial charge in [-0.25, -0.2) is 0 Å². The number of aliphatic hydroxyl groups is 1. The Morgan fingerprint density at radius 2 is 1.50 bits per heavy atom. The molecule has 0 amide bonds. The number of hydrogen-bond donors (Lipinski definition) is 3. The molecular formula is C11H20O5. The Balaban J connectivity index is 4.18. The summed E-state index contributed by atoms with van der Waals surface area (Å²) in [5.74, 6) is -2.33. The van der Waals surface area contributed by atoms with Crippen molar-refractivity contribution in [2.75, 3.05) is 0 Å². The fourth-order valence-electron chi connectivity index (χ4n) is 1.68. The number of carbonyl (C=O) groups is 2. The molecule has 5 nitrogen and oxygen atoms in total. The molecule has 0 atom stereocenters.